The van der Waals surface area contributed by atoms with Crippen LogP contribution in [-0.4, -0.2) is 35.7 Å². The zero-order valence-corrected chi connectivity index (χ0v) is 19.9. The number of halogens is 1. The second-order valence-electron chi connectivity index (χ2n) is 9.51. The first kappa shape index (κ1) is 20.4. The number of nitrogens with zero attached hydrogens (tertiary/aromatic N) is 3. The van der Waals surface area contributed by atoms with Gasteiger partial charge in [-0.05, 0) is 70.6 Å². The minimum absolute atomic E-state index is 0.125. The van der Waals surface area contributed by atoms with Crippen LogP contribution in [0.2, 0.25) is 0 Å². The lowest BCUT2D eigenvalue weighted by Gasteiger charge is -2.30. The van der Waals surface area contributed by atoms with Crippen LogP contribution in [0.3, 0.4) is 0 Å². The van der Waals surface area contributed by atoms with Crippen LogP contribution >= 0.6 is 15.9 Å². The topological polar surface area (TPSA) is 50.2 Å². The Morgan fingerprint density at radius 1 is 1.06 bits per heavy atom. The van der Waals surface area contributed by atoms with Crippen molar-refractivity contribution in [3.05, 3.63) is 62.6 Å². The van der Waals surface area contributed by atoms with Crippen LogP contribution in [0.1, 0.15) is 55.8 Å². The van der Waals surface area contributed by atoms with Crippen LogP contribution in [-0.2, 0) is 0 Å². The van der Waals surface area contributed by atoms with Gasteiger partial charge in [-0.1, -0.05) is 31.7 Å². The van der Waals surface area contributed by atoms with Gasteiger partial charge < -0.3 is 10.2 Å². The Morgan fingerprint density at radius 2 is 1.88 bits per heavy atom. The predicted octanol–water partition coefficient (Wildman–Crippen LogP) is 4.97. The Labute approximate surface area is 197 Å². The van der Waals surface area contributed by atoms with Gasteiger partial charge in [0.2, 0.25) is 0 Å². The van der Waals surface area contributed by atoms with Gasteiger partial charge in [0.05, 0.1) is 16.6 Å². The Morgan fingerprint density at radius 3 is 2.69 bits per heavy atom. The van der Waals surface area contributed by atoms with Crippen LogP contribution < -0.4 is 15.8 Å². The van der Waals surface area contributed by atoms with Crippen molar-refractivity contribution < 1.29 is 0 Å². The molecular formula is C26H29BrN4O. The summed E-state index contributed by atoms with van der Waals surface area (Å²) < 4.78 is 3.06. The molecule has 0 spiro atoms. The van der Waals surface area contributed by atoms with Gasteiger partial charge in [-0.15, -0.1) is 0 Å². The number of rotatable bonds is 4. The van der Waals surface area contributed by atoms with Gasteiger partial charge in [0.25, 0.3) is 5.56 Å². The average Bonchev–Trinajstić information content (AvgIpc) is 3.44. The zero-order valence-electron chi connectivity index (χ0n) is 18.3. The number of hydrogen-bond donors (Lipinski definition) is 1. The lowest BCUT2D eigenvalue weighted by atomic mass is 9.90. The molecule has 0 bridgehead atoms. The van der Waals surface area contributed by atoms with Crippen molar-refractivity contribution in [1.29, 1.82) is 0 Å². The van der Waals surface area contributed by atoms with E-state index in [4.69, 9.17) is 0 Å². The molecule has 3 heterocycles. The van der Waals surface area contributed by atoms with Crippen molar-refractivity contribution in [2.45, 2.75) is 44.4 Å². The maximum atomic E-state index is 13.1. The van der Waals surface area contributed by atoms with Gasteiger partial charge in [0.15, 0.2) is 0 Å². The minimum atomic E-state index is -0.125. The molecule has 1 saturated heterocycles. The summed E-state index contributed by atoms with van der Waals surface area (Å²) in [4.78, 5) is 20.2. The molecule has 2 aliphatic heterocycles. The van der Waals surface area contributed by atoms with E-state index in [1.54, 1.807) is 0 Å². The normalized spacial score (nSPS) is 20.7. The van der Waals surface area contributed by atoms with Crippen molar-refractivity contribution in [2.24, 2.45) is 5.92 Å². The van der Waals surface area contributed by atoms with E-state index in [0.29, 0.717) is 5.39 Å². The maximum Gasteiger partial charge on any atom is 0.281 e. The maximum absolute atomic E-state index is 13.1. The van der Waals surface area contributed by atoms with Crippen molar-refractivity contribution in [1.82, 2.24) is 14.9 Å². The average molecular weight is 493 g/mol. The van der Waals surface area contributed by atoms with E-state index >= 15 is 0 Å². The zero-order chi connectivity index (χ0) is 21.7. The lowest BCUT2D eigenvalue weighted by Crippen LogP contribution is -2.43. The van der Waals surface area contributed by atoms with Gasteiger partial charge in [-0.25, -0.2) is 0 Å². The molecule has 1 aromatic heterocycles. The summed E-state index contributed by atoms with van der Waals surface area (Å²) >= 11 is 3.58. The molecule has 2 aromatic carbocycles. The molecule has 1 atom stereocenters. The number of aromatic nitrogens is 2. The summed E-state index contributed by atoms with van der Waals surface area (Å²) in [5, 5.41) is 4.12. The number of benzene rings is 2. The molecule has 5 nitrogen and oxygen atoms in total. The molecule has 3 aliphatic rings. The molecule has 6 rings (SSSR count). The van der Waals surface area contributed by atoms with Crippen molar-refractivity contribution >= 4 is 32.5 Å². The third-order valence-corrected chi connectivity index (χ3v) is 8.31. The summed E-state index contributed by atoms with van der Waals surface area (Å²) in [7, 11) is 0. The highest BCUT2D eigenvalue weighted by molar-refractivity contribution is 9.10. The smallest absolute Gasteiger partial charge is 0.281 e. The highest BCUT2D eigenvalue weighted by Crippen LogP contribution is 2.44. The molecule has 2 fully saturated rings. The number of anilines is 1. The van der Waals surface area contributed by atoms with Crippen molar-refractivity contribution in [2.75, 3.05) is 31.1 Å². The molecule has 0 radical (unpaired) electrons. The van der Waals surface area contributed by atoms with Crippen LogP contribution in [0.4, 0.5) is 5.69 Å². The fraction of sp³-hybridized carbons (Fsp3) is 0.462. The van der Waals surface area contributed by atoms with Gasteiger partial charge >= 0.3 is 0 Å². The van der Waals surface area contributed by atoms with Gasteiger partial charge in [-0.3, -0.25) is 9.36 Å². The molecule has 3 aromatic rings. The Hall–Kier alpha value is -2.18. The molecule has 1 saturated carbocycles. The molecule has 1 N–H and O–H groups in total. The molecular weight excluding hydrogens is 464 g/mol. The van der Waals surface area contributed by atoms with E-state index in [9.17, 15) is 4.79 Å². The highest BCUT2D eigenvalue weighted by Gasteiger charge is 2.33. The Kier molecular flexibility index (Phi) is 5.30. The fourth-order valence-corrected chi connectivity index (χ4v) is 6.53. The molecule has 1 aliphatic carbocycles. The van der Waals surface area contributed by atoms with E-state index in [2.05, 4.69) is 60.0 Å². The Balaban J connectivity index is 1.49. The first-order valence-corrected chi connectivity index (χ1v) is 12.8. The number of piperazine rings is 1. The van der Waals surface area contributed by atoms with Crippen molar-refractivity contribution in [3.63, 3.8) is 0 Å². The second kappa shape index (κ2) is 8.31. The summed E-state index contributed by atoms with van der Waals surface area (Å²) in [6, 6.07) is 12.9. The molecule has 6 heteroatoms. The first-order valence-electron chi connectivity index (χ1n) is 12.0. The summed E-state index contributed by atoms with van der Waals surface area (Å²) in [5.74, 6) is 1.93. The van der Waals surface area contributed by atoms with Crippen LogP contribution in [0.25, 0.3) is 16.6 Å². The Bertz CT molecular complexity index is 1220. The van der Waals surface area contributed by atoms with E-state index < -0.39 is 0 Å². The highest BCUT2D eigenvalue weighted by atomic mass is 79.9. The van der Waals surface area contributed by atoms with E-state index in [1.807, 2.05) is 12.1 Å². The van der Waals surface area contributed by atoms with E-state index in [1.165, 1.54) is 49.0 Å². The van der Waals surface area contributed by atoms with Crippen LogP contribution in [0.15, 0.2) is 45.7 Å². The molecule has 1 unspecified atom stereocenters. The van der Waals surface area contributed by atoms with Crippen LogP contribution in [0.5, 0.6) is 0 Å². The standard InChI is InChI=1S/C26H29BrN4O/c27-21-6-3-7-23-24(21)26(32)29-25-19(10-8-17-4-1-2-5-17)20-16-18(9-11-22(20)31(23)25)30-14-12-28-13-15-30/h3,6-7,9,11,16-17,19,28H,1-2,4-5,8,10,12-15H2. The largest absolute Gasteiger partial charge is 0.369 e. The molecule has 32 heavy (non-hydrogen) atoms. The quantitative estimate of drug-likeness (QED) is 0.558. The number of fused-ring (bicyclic) bond motifs is 5. The SMILES string of the molecule is O=c1nc2n(c3cccc(Br)c13)-c1ccc(N3CCNCC3)cc1C2CCC1CCCC1. The second-order valence-corrected chi connectivity index (χ2v) is 10.4. The molecule has 0 amide bonds. The number of nitrogens with one attached hydrogen (secondary N) is 1. The number of hydrogen-bond acceptors (Lipinski definition) is 4. The van der Waals surface area contributed by atoms with Gasteiger partial charge in [0.1, 0.15) is 5.82 Å². The van der Waals surface area contributed by atoms with E-state index in [-0.39, 0.29) is 11.5 Å². The van der Waals surface area contributed by atoms with E-state index in [0.717, 1.165) is 54.3 Å². The predicted molar refractivity (Wildman–Crippen MR) is 133 cm³/mol. The molecule has 166 valence electrons. The lowest BCUT2D eigenvalue weighted by molar-refractivity contribution is 0.465. The third-order valence-electron chi connectivity index (χ3n) is 7.65. The summed E-state index contributed by atoms with van der Waals surface area (Å²) in [5.41, 5.74) is 4.63. The van der Waals surface area contributed by atoms with Crippen molar-refractivity contribution in [3.8, 4) is 5.69 Å². The minimum Gasteiger partial charge on any atom is -0.369 e. The van der Waals surface area contributed by atoms with Gasteiger partial charge in [0, 0.05) is 42.3 Å². The summed E-state index contributed by atoms with van der Waals surface area (Å²) in [6.45, 7) is 4.11. The third kappa shape index (κ3) is 3.39. The van der Waals surface area contributed by atoms with Crippen LogP contribution in [0, 0.1) is 5.92 Å². The monoisotopic (exact) mass is 492 g/mol. The summed E-state index contributed by atoms with van der Waals surface area (Å²) in [6.07, 6.45) is 7.72. The fourth-order valence-electron chi connectivity index (χ4n) is 6.00. The first-order chi connectivity index (χ1) is 15.7. The van der Waals surface area contributed by atoms with Gasteiger partial charge in [-0.2, -0.15) is 4.98 Å².